The van der Waals surface area contributed by atoms with Gasteiger partial charge in [0, 0.05) is 17.4 Å². The lowest BCUT2D eigenvalue weighted by Crippen LogP contribution is -2.41. The highest BCUT2D eigenvalue weighted by Crippen LogP contribution is 2.36. The molecule has 1 aliphatic heterocycles. The van der Waals surface area contributed by atoms with E-state index in [1.54, 1.807) is 0 Å². The second-order valence-corrected chi connectivity index (χ2v) is 6.26. The van der Waals surface area contributed by atoms with E-state index >= 15 is 0 Å². The van der Waals surface area contributed by atoms with E-state index in [4.69, 9.17) is 9.31 Å². The Hall–Kier alpha value is -0.865. The molecule has 18 heavy (non-hydrogen) atoms. The highest BCUT2D eigenvalue weighted by molar-refractivity contribution is 6.62. The van der Waals surface area contributed by atoms with E-state index in [1.165, 1.54) is 0 Å². The Morgan fingerprint density at radius 1 is 1.06 bits per heavy atom. The van der Waals surface area contributed by atoms with Crippen LogP contribution in [0.25, 0.3) is 0 Å². The van der Waals surface area contributed by atoms with Gasteiger partial charge < -0.3 is 9.31 Å². The third kappa shape index (κ3) is 2.32. The molecule has 2 rings (SSSR count). The van der Waals surface area contributed by atoms with Crippen LogP contribution in [-0.4, -0.2) is 23.3 Å². The van der Waals surface area contributed by atoms with Crippen molar-refractivity contribution in [3.63, 3.8) is 0 Å². The first-order chi connectivity index (χ1) is 8.23. The largest absolute Gasteiger partial charge is 0.496 e. The Kier molecular flexibility index (Phi) is 3.28. The molecule has 0 saturated carbocycles. The third-order valence-electron chi connectivity index (χ3n) is 3.93. The van der Waals surface area contributed by atoms with E-state index in [2.05, 4.69) is 46.5 Å². The molecule has 1 aromatic rings. The first-order valence-corrected chi connectivity index (χ1v) is 6.54. The predicted octanol–water partition coefficient (Wildman–Crippen LogP) is 2.50. The van der Waals surface area contributed by atoms with Crippen molar-refractivity contribution in [3.05, 3.63) is 24.0 Å². The quantitative estimate of drug-likeness (QED) is 0.754. The molecule has 0 N–H and O–H groups in total. The number of pyridine rings is 1. The summed E-state index contributed by atoms with van der Waals surface area (Å²) >= 11 is 0. The predicted molar refractivity (Wildman–Crippen MR) is 74.0 cm³/mol. The van der Waals surface area contributed by atoms with Gasteiger partial charge in [0.1, 0.15) is 0 Å². The number of aromatic nitrogens is 1. The van der Waals surface area contributed by atoms with E-state index < -0.39 is 0 Å². The monoisotopic (exact) mass is 249 g/mol. The molecule has 98 valence electrons. The van der Waals surface area contributed by atoms with Gasteiger partial charge in [-0.15, -0.1) is 0 Å². The summed E-state index contributed by atoms with van der Waals surface area (Å²) in [5, 5.41) is 0. The number of hydrogen-bond acceptors (Lipinski definition) is 3. The summed E-state index contributed by atoms with van der Waals surface area (Å²) in [5.74, 6) is 0.442. The standard InChI is InChI=1S/C14H22BNO2/c1-10(2)12-8-7-11(9-16-12)15-17-13(3,4)14(5,6)18-15/h7-10H,1-6H3/i10+2. The summed E-state index contributed by atoms with van der Waals surface area (Å²) in [5.41, 5.74) is 1.48. The van der Waals surface area contributed by atoms with Crippen LogP contribution in [0.15, 0.2) is 18.3 Å². The van der Waals surface area contributed by atoms with Gasteiger partial charge in [0.25, 0.3) is 0 Å². The molecule has 1 aliphatic rings. The Labute approximate surface area is 110 Å². The van der Waals surface area contributed by atoms with Crippen LogP contribution in [0.5, 0.6) is 0 Å². The van der Waals surface area contributed by atoms with Crippen molar-refractivity contribution in [3.8, 4) is 0 Å². The highest BCUT2D eigenvalue weighted by Gasteiger charge is 2.51. The maximum Gasteiger partial charge on any atom is 0.496 e. The van der Waals surface area contributed by atoms with Gasteiger partial charge in [-0.2, -0.15) is 0 Å². The molecular formula is C14H22BNO2. The lowest BCUT2D eigenvalue weighted by molar-refractivity contribution is 0.00578. The summed E-state index contributed by atoms with van der Waals surface area (Å²) in [6, 6.07) is 4.09. The Morgan fingerprint density at radius 3 is 2.00 bits per heavy atom. The van der Waals surface area contributed by atoms with Crippen LogP contribution in [0.1, 0.15) is 53.2 Å². The van der Waals surface area contributed by atoms with Crippen molar-refractivity contribution in [2.75, 3.05) is 0 Å². The van der Waals surface area contributed by atoms with Crippen LogP contribution in [0.3, 0.4) is 0 Å². The number of nitrogens with zero attached hydrogens (tertiary/aromatic N) is 1. The van der Waals surface area contributed by atoms with E-state index in [0.29, 0.717) is 5.92 Å². The lowest BCUT2D eigenvalue weighted by atomic mass is 9.80. The number of rotatable bonds is 2. The van der Waals surface area contributed by atoms with Gasteiger partial charge in [-0.25, -0.2) is 0 Å². The molecule has 4 heteroatoms. The van der Waals surface area contributed by atoms with Gasteiger partial charge in [0.2, 0.25) is 0 Å². The Bertz CT molecular complexity index is 410. The molecule has 0 spiro atoms. The van der Waals surface area contributed by atoms with Crippen LogP contribution >= 0.6 is 0 Å². The molecule has 0 unspecified atom stereocenters. The molecule has 0 bridgehead atoms. The van der Waals surface area contributed by atoms with E-state index in [1.807, 2.05) is 18.3 Å². The van der Waals surface area contributed by atoms with Gasteiger partial charge in [-0.05, 0) is 39.7 Å². The maximum atomic E-state index is 5.99. The van der Waals surface area contributed by atoms with Crippen molar-refractivity contribution in [1.29, 1.82) is 0 Å². The zero-order chi connectivity index (χ0) is 13.6. The third-order valence-corrected chi connectivity index (χ3v) is 3.93. The zero-order valence-electron chi connectivity index (χ0n) is 12.2. The van der Waals surface area contributed by atoms with Crippen molar-refractivity contribution in [2.45, 2.75) is 58.7 Å². The van der Waals surface area contributed by atoms with Crippen LogP contribution in [0.2, 0.25) is 0 Å². The fourth-order valence-corrected chi connectivity index (χ4v) is 1.88. The minimum absolute atomic E-state index is 0.297. The molecule has 0 amide bonds. The zero-order valence-corrected chi connectivity index (χ0v) is 12.2. The fourth-order valence-electron chi connectivity index (χ4n) is 1.88. The summed E-state index contributed by atoms with van der Waals surface area (Å²) in [7, 11) is -0.316. The van der Waals surface area contributed by atoms with Crippen LogP contribution < -0.4 is 5.46 Å². The molecular weight excluding hydrogens is 227 g/mol. The van der Waals surface area contributed by atoms with Crippen molar-refractivity contribution >= 4 is 12.6 Å². The first-order valence-electron chi connectivity index (χ1n) is 6.54. The average molecular weight is 249 g/mol. The van der Waals surface area contributed by atoms with Crippen molar-refractivity contribution in [2.24, 2.45) is 0 Å². The van der Waals surface area contributed by atoms with E-state index in [-0.39, 0.29) is 18.3 Å². The minimum atomic E-state index is -0.316. The van der Waals surface area contributed by atoms with Crippen molar-refractivity contribution < 1.29 is 9.31 Å². The lowest BCUT2D eigenvalue weighted by Gasteiger charge is -2.32. The van der Waals surface area contributed by atoms with E-state index in [0.717, 1.165) is 11.2 Å². The molecule has 0 radical (unpaired) electrons. The first kappa shape index (κ1) is 13.6. The molecule has 1 fully saturated rings. The smallest absolute Gasteiger partial charge is 0.399 e. The van der Waals surface area contributed by atoms with Gasteiger partial charge >= 0.3 is 7.12 Å². The topological polar surface area (TPSA) is 31.4 Å². The van der Waals surface area contributed by atoms with Gasteiger partial charge in [0.05, 0.1) is 11.2 Å². The van der Waals surface area contributed by atoms with Gasteiger partial charge in [0.15, 0.2) is 0 Å². The summed E-state index contributed by atoms with van der Waals surface area (Å²) in [4.78, 5) is 4.46. The molecule has 0 aliphatic carbocycles. The fraction of sp³-hybridized carbons (Fsp3) is 0.643. The molecule has 0 atom stereocenters. The second kappa shape index (κ2) is 4.35. The average Bonchev–Trinajstić information content (AvgIpc) is 2.48. The summed E-state index contributed by atoms with van der Waals surface area (Å²) in [6.07, 6.45) is 1.86. The molecule has 1 aromatic heterocycles. The van der Waals surface area contributed by atoms with Crippen LogP contribution in [0, 0.1) is 0 Å². The second-order valence-electron chi connectivity index (χ2n) is 6.26. The molecule has 1 saturated heterocycles. The highest BCUT2D eigenvalue weighted by atomic mass is 16.7. The van der Waals surface area contributed by atoms with Crippen LogP contribution in [-0.2, 0) is 9.31 Å². The van der Waals surface area contributed by atoms with E-state index in [9.17, 15) is 0 Å². The van der Waals surface area contributed by atoms with Gasteiger partial charge in [-0.1, -0.05) is 19.9 Å². The number of hydrogen-bond donors (Lipinski definition) is 0. The Balaban J connectivity index is 2.19. The van der Waals surface area contributed by atoms with Crippen molar-refractivity contribution in [1.82, 2.24) is 4.98 Å². The normalized spacial score (nSPS) is 21.6. The summed E-state index contributed by atoms with van der Waals surface area (Å²) in [6.45, 7) is 12.5. The van der Waals surface area contributed by atoms with Gasteiger partial charge in [-0.3, -0.25) is 4.98 Å². The Morgan fingerprint density at radius 2 is 1.61 bits per heavy atom. The SMILES string of the molecule is C[14CH](C)c1ccc(B2OC(C)(C)C(C)(C)O2)cn1. The molecule has 2 heterocycles. The maximum absolute atomic E-state index is 5.99. The molecule has 0 aromatic carbocycles. The minimum Gasteiger partial charge on any atom is -0.399 e. The molecule has 3 nitrogen and oxygen atoms in total. The van der Waals surface area contributed by atoms with Crippen LogP contribution in [0.4, 0.5) is 0 Å². The summed E-state index contributed by atoms with van der Waals surface area (Å²) < 4.78 is 12.0.